The van der Waals surface area contributed by atoms with E-state index in [2.05, 4.69) is 29.8 Å². The Morgan fingerprint density at radius 1 is 1.36 bits per heavy atom. The van der Waals surface area contributed by atoms with Crippen LogP contribution in [0, 0.1) is 11.8 Å². The van der Waals surface area contributed by atoms with Gasteiger partial charge in [0.15, 0.2) is 0 Å². The molecular weight excluding hydrogens is 200 g/mol. The van der Waals surface area contributed by atoms with Gasteiger partial charge in [-0.05, 0) is 18.3 Å². The molecule has 0 N–H and O–H groups in total. The van der Waals surface area contributed by atoms with Crippen molar-refractivity contribution in [2.24, 2.45) is 11.8 Å². The van der Waals surface area contributed by atoms with E-state index >= 15 is 0 Å². The van der Waals surface area contributed by atoms with Crippen molar-refractivity contribution in [3.63, 3.8) is 0 Å². The summed E-state index contributed by atoms with van der Waals surface area (Å²) in [6.45, 7) is 4.67. The molecule has 0 radical (unpaired) electrons. The molecule has 0 aromatic rings. The van der Waals surface area contributed by atoms with E-state index in [9.17, 15) is 0 Å². The Hall–Kier alpha value is 0.480. The van der Waals surface area contributed by atoms with E-state index in [4.69, 9.17) is 0 Å². The van der Waals surface area contributed by atoms with Crippen LogP contribution in [0.3, 0.4) is 0 Å². The fourth-order valence-corrected chi connectivity index (χ4v) is 2.58. The minimum Gasteiger partial charge on any atom is -0.0888 e. The summed E-state index contributed by atoms with van der Waals surface area (Å²) in [5.74, 6) is 1.90. The predicted molar refractivity (Wildman–Crippen MR) is 54.1 cm³/mol. The third-order valence-electron chi connectivity index (χ3n) is 3.10. The topological polar surface area (TPSA) is 0 Å². The summed E-state index contributed by atoms with van der Waals surface area (Å²) in [4.78, 5) is 0.755. The van der Waals surface area contributed by atoms with Gasteiger partial charge >= 0.3 is 0 Å². The minimum absolute atomic E-state index is 0.755. The molecule has 0 spiro atoms. The van der Waals surface area contributed by atoms with Gasteiger partial charge in [-0.3, -0.25) is 0 Å². The van der Waals surface area contributed by atoms with Crippen molar-refractivity contribution < 1.29 is 0 Å². The molecule has 11 heavy (non-hydrogen) atoms. The van der Waals surface area contributed by atoms with Gasteiger partial charge in [0.25, 0.3) is 0 Å². The second kappa shape index (κ2) is 4.49. The molecule has 1 saturated carbocycles. The summed E-state index contributed by atoms with van der Waals surface area (Å²) in [5.41, 5.74) is 0. The predicted octanol–water partition coefficient (Wildman–Crippen LogP) is 3.99. The zero-order chi connectivity index (χ0) is 8.27. The molecule has 0 aromatic heterocycles. The highest BCUT2D eigenvalue weighted by Crippen LogP contribution is 2.35. The maximum Gasteiger partial charge on any atom is 0.0171 e. The summed E-state index contributed by atoms with van der Waals surface area (Å²) in [5, 5.41) is 0. The molecule has 2 unspecified atom stereocenters. The highest BCUT2D eigenvalue weighted by atomic mass is 79.9. The molecule has 0 amide bonds. The Kier molecular flexibility index (Phi) is 3.91. The summed E-state index contributed by atoms with van der Waals surface area (Å²) in [6.07, 6.45) is 7.17. The Balaban J connectivity index is 2.32. The van der Waals surface area contributed by atoms with Crippen molar-refractivity contribution >= 4 is 15.9 Å². The molecule has 1 aliphatic carbocycles. The van der Waals surface area contributed by atoms with Gasteiger partial charge in [0.1, 0.15) is 0 Å². The highest BCUT2D eigenvalue weighted by molar-refractivity contribution is 9.09. The molecule has 2 atom stereocenters. The molecule has 1 rings (SSSR count). The van der Waals surface area contributed by atoms with Crippen LogP contribution in [-0.4, -0.2) is 4.83 Å². The van der Waals surface area contributed by atoms with Crippen molar-refractivity contribution in [2.45, 2.75) is 50.8 Å². The van der Waals surface area contributed by atoms with Crippen LogP contribution in [0.2, 0.25) is 0 Å². The molecule has 0 bridgehead atoms. The second-order valence-corrected chi connectivity index (χ2v) is 5.00. The van der Waals surface area contributed by atoms with Crippen LogP contribution in [0.25, 0.3) is 0 Å². The Bertz CT molecular complexity index is 105. The monoisotopic (exact) mass is 218 g/mol. The number of rotatable bonds is 3. The van der Waals surface area contributed by atoms with Crippen molar-refractivity contribution in [3.05, 3.63) is 0 Å². The lowest BCUT2D eigenvalue weighted by atomic mass is 9.89. The third-order valence-corrected chi connectivity index (χ3v) is 4.59. The van der Waals surface area contributed by atoms with E-state index in [1.807, 2.05) is 0 Å². The first-order valence-electron chi connectivity index (χ1n) is 4.89. The standard InChI is InChI=1S/C10H19Br/c1-3-10(11)8(2)9-6-4-5-7-9/h8-10H,3-7H2,1-2H3. The van der Waals surface area contributed by atoms with Crippen molar-refractivity contribution in [1.29, 1.82) is 0 Å². The van der Waals surface area contributed by atoms with E-state index < -0.39 is 0 Å². The average Bonchev–Trinajstić information content (AvgIpc) is 2.53. The Morgan fingerprint density at radius 2 is 1.91 bits per heavy atom. The molecule has 0 aliphatic heterocycles. The van der Waals surface area contributed by atoms with Crippen LogP contribution < -0.4 is 0 Å². The van der Waals surface area contributed by atoms with Gasteiger partial charge in [-0.1, -0.05) is 55.5 Å². The number of halogens is 1. The van der Waals surface area contributed by atoms with Crippen LogP contribution >= 0.6 is 15.9 Å². The highest BCUT2D eigenvalue weighted by Gasteiger charge is 2.25. The molecule has 0 heterocycles. The van der Waals surface area contributed by atoms with Crippen LogP contribution in [0.15, 0.2) is 0 Å². The first-order valence-corrected chi connectivity index (χ1v) is 5.81. The van der Waals surface area contributed by atoms with Gasteiger partial charge in [-0.2, -0.15) is 0 Å². The largest absolute Gasteiger partial charge is 0.0888 e. The minimum atomic E-state index is 0.755. The molecule has 0 aromatic carbocycles. The second-order valence-electron chi connectivity index (χ2n) is 3.83. The molecule has 0 saturated heterocycles. The van der Waals surface area contributed by atoms with Gasteiger partial charge < -0.3 is 0 Å². The quantitative estimate of drug-likeness (QED) is 0.629. The zero-order valence-corrected chi connectivity index (χ0v) is 9.23. The van der Waals surface area contributed by atoms with Crippen LogP contribution in [0.1, 0.15) is 46.0 Å². The lowest BCUT2D eigenvalue weighted by Gasteiger charge is -2.22. The summed E-state index contributed by atoms with van der Waals surface area (Å²) in [7, 11) is 0. The van der Waals surface area contributed by atoms with Gasteiger partial charge in [0.2, 0.25) is 0 Å². The van der Waals surface area contributed by atoms with Crippen LogP contribution in [0.5, 0.6) is 0 Å². The smallest absolute Gasteiger partial charge is 0.0171 e. The summed E-state index contributed by atoms with van der Waals surface area (Å²) >= 11 is 3.75. The van der Waals surface area contributed by atoms with E-state index in [1.54, 1.807) is 0 Å². The van der Waals surface area contributed by atoms with Crippen molar-refractivity contribution in [3.8, 4) is 0 Å². The number of hydrogen-bond donors (Lipinski definition) is 0. The van der Waals surface area contributed by atoms with E-state index in [1.165, 1.54) is 32.1 Å². The molecule has 0 nitrogen and oxygen atoms in total. The normalized spacial score (nSPS) is 25.4. The maximum absolute atomic E-state index is 3.75. The van der Waals surface area contributed by atoms with Gasteiger partial charge in [0, 0.05) is 4.83 Å². The zero-order valence-electron chi connectivity index (χ0n) is 7.65. The molecule has 1 fully saturated rings. The molecular formula is C10H19Br. The van der Waals surface area contributed by atoms with Crippen LogP contribution in [-0.2, 0) is 0 Å². The van der Waals surface area contributed by atoms with E-state index in [-0.39, 0.29) is 0 Å². The third kappa shape index (κ3) is 2.47. The Labute approximate surface area is 78.9 Å². The molecule has 1 aliphatic rings. The molecule has 66 valence electrons. The fourth-order valence-electron chi connectivity index (χ4n) is 2.15. The lowest BCUT2D eigenvalue weighted by molar-refractivity contribution is 0.355. The first kappa shape index (κ1) is 9.57. The summed E-state index contributed by atoms with van der Waals surface area (Å²) in [6, 6.07) is 0. The average molecular weight is 219 g/mol. The molecule has 1 heteroatoms. The van der Waals surface area contributed by atoms with E-state index in [0.29, 0.717) is 0 Å². The van der Waals surface area contributed by atoms with Gasteiger partial charge in [-0.15, -0.1) is 0 Å². The maximum atomic E-state index is 3.75. The van der Waals surface area contributed by atoms with Crippen molar-refractivity contribution in [1.82, 2.24) is 0 Å². The lowest BCUT2D eigenvalue weighted by Crippen LogP contribution is -2.17. The fraction of sp³-hybridized carbons (Fsp3) is 1.00. The van der Waals surface area contributed by atoms with Gasteiger partial charge in [0.05, 0.1) is 0 Å². The summed E-state index contributed by atoms with van der Waals surface area (Å²) < 4.78 is 0. The van der Waals surface area contributed by atoms with Gasteiger partial charge in [-0.25, -0.2) is 0 Å². The first-order chi connectivity index (χ1) is 5.25. The van der Waals surface area contributed by atoms with E-state index in [0.717, 1.165) is 16.7 Å². The van der Waals surface area contributed by atoms with Crippen molar-refractivity contribution in [2.75, 3.05) is 0 Å². The number of hydrogen-bond acceptors (Lipinski definition) is 0. The Morgan fingerprint density at radius 3 is 2.36 bits per heavy atom. The number of alkyl halides is 1. The SMILES string of the molecule is CCC(Br)C(C)C1CCCC1. The van der Waals surface area contributed by atoms with Crippen LogP contribution in [0.4, 0.5) is 0 Å².